The molecule has 1 aliphatic carbocycles. The van der Waals surface area contributed by atoms with E-state index < -0.39 is 0 Å². The maximum absolute atomic E-state index is 5.91. The van der Waals surface area contributed by atoms with Crippen LogP contribution in [0.1, 0.15) is 26.0 Å². The van der Waals surface area contributed by atoms with Crippen LogP contribution in [0.4, 0.5) is 5.82 Å². The van der Waals surface area contributed by atoms with Gasteiger partial charge in [-0.1, -0.05) is 13.8 Å². The molecule has 3 atom stereocenters. The molecule has 0 bridgehead atoms. The lowest BCUT2D eigenvalue weighted by atomic mass is 9.57. The molecule has 2 aromatic heterocycles. The number of hydrogen-bond acceptors (Lipinski definition) is 5. The van der Waals surface area contributed by atoms with Crippen molar-refractivity contribution >= 4 is 11.6 Å². The van der Waals surface area contributed by atoms with E-state index in [0.29, 0.717) is 23.8 Å². The molecule has 3 heterocycles. The van der Waals surface area contributed by atoms with Gasteiger partial charge in [0.25, 0.3) is 5.78 Å². The van der Waals surface area contributed by atoms with Gasteiger partial charge < -0.3 is 9.64 Å². The monoisotopic (exact) mass is 287 g/mol. The standard InChI is InChI=1S/C15H21N5O/c1-9-7-11(20-14(18-9)16-8-17-20)19(4)12-10-5-6-21-13(10)15(12,2)3/h7-8,10,12-13H,5-6H2,1-4H3. The molecule has 0 N–H and O–H groups in total. The van der Waals surface area contributed by atoms with Gasteiger partial charge in [0.1, 0.15) is 12.1 Å². The second-order valence-electron chi connectivity index (χ2n) is 6.85. The topological polar surface area (TPSA) is 55.6 Å². The van der Waals surface area contributed by atoms with Crippen LogP contribution in [0.15, 0.2) is 12.4 Å². The predicted octanol–water partition coefficient (Wildman–Crippen LogP) is 1.68. The molecule has 21 heavy (non-hydrogen) atoms. The highest BCUT2D eigenvalue weighted by atomic mass is 16.5. The van der Waals surface area contributed by atoms with Crippen molar-refractivity contribution < 1.29 is 4.74 Å². The van der Waals surface area contributed by atoms with E-state index in [1.807, 2.05) is 11.4 Å². The van der Waals surface area contributed by atoms with Crippen LogP contribution in [-0.2, 0) is 4.74 Å². The van der Waals surface area contributed by atoms with Crippen molar-refractivity contribution in [3.8, 4) is 0 Å². The van der Waals surface area contributed by atoms with E-state index in [9.17, 15) is 0 Å². The smallest absolute Gasteiger partial charge is 0.254 e. The van der Waals surface area contributed by atoms with Crippen LogP contribution in [-0.4, -0.2) is 45.4 Å². The highest BCUT2D eigenvalue weighted by Gasteiger charge is 2.61. The van der Waals surface area contributed by atoms with Crippen molar-refractivity contribution in [1.29, 1.82) is 0 Å². The molecule has 1 saturated heterocycles. The Kier molecular flexibility index (Phi) is 2.58. The zero-order valence-corrected chi connectivity index (χ0v) is 12.9. The molecule has 6 nitrogen and oxygen atoms in total. The van der Waals surface area contributed by atoms with Gasteiger partial charge in [-0.2, -0.15) is 14.6 Å². The molecule has 4 rings (SSSR count). The fourth-order valence-electron chi connectivity index (χ4n) is 4.39. The molecule has 0 amide bonds. The minimum Gasteiger partial charge on any atom is -0.377 e. The van der Waals surface area contributed by atoms with E-state index >= 15 is 0 Å². The number of hydrogen-bond donors (Lipinski definition) is 0. The first-order valence-corrected chi connectivity index (χ1v) is 7.52. The van der Waals surface area contributed by atoms with Gasteiger partial charge in [-0.3, -0.25) is 0 Å². The SMILES string of the molecule is Cc1cc(N(C)C2C3CCOC3C2(C)C)n2ncnc2n1. The number of aromatic nitrogens is 4. The van der Waals surface area contributed by atoms with Crippen molar-refractivity contribution in [1.82, 2.24) is 19.6 Å². The molecule has 0 radical (unpaired) electrons. The van der Waals surface area contributed by atoms with Crippen LogP contribution in [0.5, 0.6) is 0 Å². The highest BCUT2D eigenvalue weighted by Crippen LogP contribution is 2.54. The van der Waals surface area contributed by atoms with Crippen LogP contribution >= 0.6 is 0 Å². The fourth-order valence-corrected chi connectivity index (χ4v) is 4.39. The zero-order chi connectivity index (χ0) is 14.8. The van der Waals surface area contributed by atoms with Gasteiger partial charge in [-0.15, -0.1) is 0 Å². The maximum atomic E-state index is 5.91. The van der Waals surface area contributed by atoms with Crippen molar-refractivity contribution in [3.05, 3.63) is 18.1 Å². The Morgan fingerprint density at radius 3 is 3.05 bits per heavy atom. The summed E-state index contributed by atoms with van der Waals surface area (Å²) in [5.41, 5.74) is 1.12. The van der Waals surface area contributed by atoms with Gasteiger partial charge in [0.05, 0.1) is 6.10 Å². The molecule has 2 fully saturated rings. The van der Waals surface area contributed by atoms with E-state index in [1.165, 1.54) is 0 Å². The molecule has 0 spiro atoms. The fraction of sp³-hybridized carbons (Fsp3) is 0.667. The van der Waals surface area contributed by atoms with Gasteiger partial charge in [-0.05, 0) is 13.3 Å². The number of ether oxygens (including phenoxy) is 1. The Balaban J connectivity index is 1.77. The van der Waals surface area contributed by atoms with Crippen LogP contribution in [0.2, 0.25) is 0 Å². The molecule has 2 aromatic rings. The first kappa shape index (κ1) is 13.0. The molecule has 1 saturated carbocycles. The van der Waals surface area contributed by atoms with Crippen molar-refractivity contribution in [3.63, 3.8) is 0 Å². The average Bonchev–Trinajstić information content (AvgIpc) is 3.04. The summed E-state index contributed by atoms with van der Waals surface area (Å²) in [6.45, 7) is 7.48. The Morgan fingerprint density at radius 1 is 1.43 bits per heavy atom. The average molecular weight is 287 g/mol. The molecule has 112 valence electrons. The van der Waals surface area contributed by atoms with E-state index in [4.69, 9.17) is 4.74 Å². The second kappa shape index (κ2) is 4.16. The van der Waals surface area contributed by atoms with Gasteiger partial charge in [0, 0.05) is 42.8 Å². The maximum Gasteiger partial charge on any atom is 0.254 e. The lowest BCUT2D eigenvalue weighted by Gasteiger charge is -2.58. The summed E-state index contributed by atoms with van der Waals surface area (Å²) >= 11 is 0. The van der Waals surface area contributed by atoms with E-state index in [1.54, 1.807) is 6.33 Å². The normalized spacial score (nSPS) is 30.2. The Hall–Kier alpha value is -1.69. The van der Waals surface area contributed by atoms with Gasteiger partial charge in [-0.25, -0.2) is 4.98 Å². The third kappa shape index (κ3) is 1.65. The Bertz CT molecular complexity index is 694. The van der Waals surface area contributed by atoms with Crippen LogP contribution in [0.25, 0.3) is 5.78 Å². The number of aryl methyl sites for hydroxylation is 1. The van der Waals surface area contributed by atoms with Gasteiger partial charge in [0.2, 0.25) is 0 Å². The predicted molar refractivity (Wildman–Crippen MR) is 79.3 cm³/mol. The van der Waals surface area contributed by atoms with E-state index in [2.05, 4.69) is 46.9 Å². The third-order valence-corrected chi connectivity index (χ3v) is 5.18. The van der Waals surface area contributed by atoms with Crippen molar-refractivity contribution in [2.75, 3.05) is 18.6 Å². The highest BCUT2D eigenvalue weighted by molar-refractivity contribution is 5.49. The van der Waals surface area contributed by atoms with Crippen LogP contribution in [0, 0.1) is 18.3 Å². The Morgan fingerprint density at radius 2 is 2.24 bits per heavy atom. The first-order chi connectivity index (χ1) is 10.00. The van der Waals surface area contributed by atoms with Crippen LogP contribution < -0.4 is 4.90 Å². The summed E-state index contributed by atoms with van der Waals surface area (Å²) in [5, 5.41) is 4.33. The summed E-state index contributed by atoms with van der Waals surface area (Å²) in [5.74, 6) is 2.32. The van der Waals surface area contributed by atoms with Crippen LogP contribution in [0.3, 0.4) is 0 Å². The Labute approximate surface area is 124 Å². The lowest BCUT2D eigenvalue weighted by molar-refractivity contribution is -0.101. The third-order valence-electron chi connectivity index (χ3n) is 5.18. The summed E-state index contributed by atoms with van der Waals surface area (Å²) < 4.78 is 7.73. The summed E-state index contributed by atoms with van der Waals surface area (Å²) in [6, 6.07) is 2.54. The molecule has 0 aromatic carbocycles. The summed E-state index contributed by atoms with van der Waals surface area (Å²) in [6.07, 6.45) is 3.10. The molecule has 3 unspecified atom stereocenters. The van der Waals surface area contributed by atoms with Gasteiger partial charge in [0.15, 0.2) is 0 Å². The molecular formula is C15H21N5O. The van der Waals surface area contributed by atoms with Crippen molar-refractivity contribution in [2.45, 2.75) is 39.3 Å². The molecule has 1 aliphatic heterocycles. The van der Waals surface area contributed by atoms with E-state index in [0.717, 1.165) is 24.5 Å². The molecule has 6 heteroatoms. The quantitative estimate of drug-likeness (QED) is 0.841. The van der Waals surface area contributed by atoms with Gasteiger partial charge >= 0.3 is 0 Å². The number of nitrogens with zero attached hydrogens (tertiary/aromatic N) is 5. The first-order valence-electron chi connectivity index (χ1n) is 7.52. The van der Waals surface area contributed by atoms with E-state index in [-0.39, 0.29) is 5.41 Å². The van der Waals surface area contributed by atoms with Crippen molar-refractivity contribution in [2.24, 2.45) is 11.3 Å². The minimum absolute atomic E-state index is 0.153. The minimum atomic E-state index is 0.153. The number of rotatable bonds is 2. The second-order valence-corrected chi connectivity index (χ2v) is 6.85. The lowest BCUT2D eigenvalue weighted by Crippen LogP contribution is -2.66. The number of fused-ring (bicyclic) bond motifs is 2. The number of anilines is 1. The summed E-state index contributed by atoms with van der Waals surface area (Å²) in [4.78, 5) is 11.0. The largest absolute Gasteiger partial charge is 0.377 e. The molecular weight excluding hydrogens is 266 g/mol. The molecule has 2 aliphatic rings. The zero-order valence-electron chi connectivity index (χ0n) is 12.9. The summed E-state index contributed by atoms with van der Waals surface area (Å²) in [7, 11) is 2.15.